The van der Waals surface area contributed by atoms with Gasteiger partial charge in [-0.2, -0.15) is 5.11 Å². The Morgan fingerprint density at radius 2 is 2.55 bits per heavy atom. The maximum atomic E-state index is 10.8. The number of azo groups is 1. The van der Waals surface area contributed by atoms with Crippen molar-refractivity contribution in [2.75, 3.05) is 6.61 Å². The summed E-state index contributed by atoms with van der Waals surface area (Å²) in [5.41, 5.74) is 0. The van der Waals surface area contributed by atoms with Crippen LogP contribution in [-0.4, -0.2) is 17.9 Å². The van der Waals surface area contributed by atoms with Crippen LogP contribution < -0.4 is 0 Å². The minimum absolute atomic E-state index is 0.370. The lowest BCUT2D eigenvalue weighted by Crippen LogP contribution is -2.18. The first kappa shape index (κ1) is 8.20. The molecule has 1 aliphatic heterocycles. The van der Waals surface area contributed by atoms with Gasteiger partial charge in [-0.3, -0.25) is 4.79 Å². The van der Waals surface area contributed by atoms with Gasteiger partial charge in [0.1, 0.15) is 5.76 Å². The zero-order chi connectivity index (χ0) is 8.27. The highest BCUT2D eigenvalue weighted by Gasteiger charge is 2.23. The molecule has 0 aromatic heterocycles. The van der Waals surface area contributed by atoms with E-state index in [-0.39, 0.29) is 0 Å². The molecule has 0 fully saturated rings. The van der Waals surface area contributed by atoms with Crippen molar-refractivity contribution < 1.29 is 9.53 Å². The summed E-state index contributed by atoms with van der Waals surface area (Å²) in [6.45, 7) is 2.28. The molecule has 0 bridgehead atoms. The van der Waals surface area contributed by atoms with Gasteiger partial charge in [-0.25, -0.2) is 0 Å². The SMILES string of the molecule is CCOC1=CN=NC(=O)C1Cl. The van der Waals surface area contributed by atoms with E-state index in [0.717, 1.165) is 0 Å². The molecule has 1 amide bonds. The van der Waals surface area contributed by atoms with E-state index < -0.39 is 11.3 Å². The first-order valence-electron chi connectivity index (χ1n) is 3.17. The van der Waals surface area contributed by atoms with Gasteiger partial charge < -0.3 is 4.74 Å². The average molecular weight is 175 g/mol. The van der Waals surface area contributed by atoms with Crippen LogP contribution in [0.5, 0.6) is 0 Å². The smallest absolute Gasteiger partial charge is 0.290 e. The predicted octanol–water partition coefficient (Wildman–Crippen LogP) is 1.46. The van der Waals surface area contributed by atoms with Gasteiger partial charge in [-0.1, -0.05) is 0 Å². The molecule has 60 valence electrons. The monoisotopic (exact) mass is 174 g/mol. The standard InChI is InChI=1S/C6H7ClN2O2/c1-2-11-4-3-8-9-6(10)5(4)7/h3,5H,2H2,1H3. The van der Waals surface area contributed by atoms with Crippen LogP contribution in [0.4, 0.5) is 0 Å². The van der Waals surface area contributed by atoms with Gasteiger partial charge in [0.25, 0.3) is 5.91 Å². The van der Waals surface area contributed by atoms with Gasteiger partial charge in [0.15, 0.2) is 5.38 Å². The second kappa shape index (κ2) is 3.48. The molecule has 11 heavy (non-hydrogen) atoms. The summed E-state index contributed by atoms with van der Waals surface area (Å²) in [6, 6.07) is 0. The van der Waals surface area contributed by atoms with Crippen LogP contribution in [0.25, 0.3) is 0 Å². The van der Waals surface area contributed by atoms with Gasteiger partial charge in [0.2, 0.25) is 0 Å². The Bertz CT molecular complexity index is 225. The van der Waals surface area contributed by atoms with Crippen LogP contribution in [0.15, 0.2) is 22.2 Å². The highest BCUT2D eigenvalue weighted by molar-refractivity contribution is 6.32. The largest absolute Gasteiger partial charge is 0.494 e. The highest BCUT2D eigenvalue weighted by Crippen LogP contribution is 2.17. The van der Waals surface area contributed by atoms with Crippen molar-refractivity contribution >= 4 is 17.5 Å². The molecule has 0 aromatic carbocycles. The molecule has 1 aliphatic rings. The second-order valence-corrected chi connectivity index (χ2v) is 2.32. The molecule has 0 spiro atoms. The van der Waals surface area contributed by atoms with Gasteiger partial charge in [-0.15, -0.1) is 16.7 Å². The molecule has 0 aromatic rings. The number of hydrogen-bond donors (Lipinski definition) is 0. The van der Waals surface area contributed by atoms with Crippen LogP contribution in [-0.2, 0) is 9.53 Å². The Kier molecular flexibility index (Phi) is 2.59. The number of carbonyl (C=O) groups is 1. The fourth-order valence-corrected chi connectivity index (χ4v) is 0.821. The summed E-state index contributed by atoms with van der Waals surface area (Å²) in [4.78, 5) is 10.8. The van der Waals surface area contributed by atoms with E-state index in [1.807, 2.05) is 0 Å². The maximum Gasteiger partial charge on any atom is 0.290 e. The quantitative estimate of drug-likeness (QED) is 0.596. The number of hydrogen-bond acceptors (Lipinski definition) is 3. The first-order valence-corrected chi connectivity index (χ1v) is 3.61. The van der Waals surface area contributed by atoms with Crippen LogP contribution in [0, 0.1) is 0 Å². The number of halogens is 1. The van der Waals surface area contributed by atoms with Crippen LogP contribution in [0.1, 0.15) is 6.92 Å². The van der Waals surface area contributed by atoms with E-state index in [4.69, 9.17) is 16.3 Å². The molecule has 4 nitrogen and oxygen atoms in total. The van der Waals surface area contributed by atoms with E-state index in [9.17, 15) is 4.79 Å². The van der Waals surface area contributed by atoms with Gasteiger partial charge >= 0.3 is 0 Å². The van der Waals surface area contributed by atoms with E-state index in [0.29, 0.717) is 12.4 Å². The molecule has 1 atom stereocenters. The number of ether oxygens (including phenoxy) is 1. The fourth-order valence-electron chi connectivity index (χ4n) is 0.658. The van der Waals surface area contributed by atoms with Crippen LogP contribution >= 0.6 is 11.6 Å². The Labute approximate surface area is 68.9 Å². The summed E-state index contributed by atoms with van der Waals surface area (Å²) in [7, 11) is 0. The van der Waals surface area contributed by atoms with Crippen molar-refractivity contribution in [1.82, 2.24) is 0 Å². The molecule has 0 saturated carbocycles. The molecule has 1 rings (SSSR count). The third-order valence-electron chi connectivity index (χ3n) is 1.12. The van der Waals surface area contributed by atoms with E-state index >= 15 is 0 Å². The number of rotatable bonds is 2. The molecule has 0 N–H and O–H groups in total. The van der Waals surface area contributed by atoms with E-state index in [1.54, 1.807) is 6.92 Å². The maximum absolute atomic E-state index is 10.8. The second-order valence-electron chi connectivity index (χ2n) is 1.88. The molecule has 1 unspecified atom stereocenters. The Morgan fingerprint density at radius 3 is 3.18 bits per heavy atom. The summed E-state index contributed by atoms with van der Waals surface area (Å²) in [5, 5.41) is 5.86. The number of nitrogens with zero attached hydrogens (tertiary/aromatic N) is 2. The minimum Gasteiger partial charge on any atom is -0.494 e. The summed E-state index contributed by atoms with van der Waals surface area (Å²) >= 11 is 5.62. The lowest BCUT2D eigenvalue weighted by Gasteiger charge is -2.11. The van der Waals surface area contributed by atoms with E-state index in [2.05, 4.69) is 10.2 Å². The lowest BCUT2D eigenvalue weighted by molar-refractivity contribution is -0.118. The third-order valence-corrected chi connectivity index (χ3v) is 1.52. The average Bonchev–Trinajstić information content (AvgIpc) is 1.99. The topological polar surface area (TPSA) is 51.0 Å². The molecule has 0 aliphatic carbocycles. The van der Waals surface area contributed by atoms with Crippen molar-refractivity contribution in [3.05, 3.63) is 12.0 Å². The molecule has 0 saturated heterocycles. The molecule has 5 heteroatoms. The third kappa shape index (κ3) is 1.77. The van der Waals surface area contributed by atoms with Crippen molar-refractivity contribution in [3.63, 3.8) is 0 Å². The highest BCUT2D eigenvalue weighted by atomic mass is 35.5. The van der Waals surface area contributed by atoms with Crippen LogP contribution in [0.2, 0.25) is 0 Å². The summed E-state index contributed by atoms with van der Waals surface area (Å²) < 4.78 is 5.02. The Balaban J connectivity index is 2.70. The van der Waals surface area contributed by atoms with Crippen molar-refractivity contribution in [2.45, 2.75) is 12.3 Å². The van der Waals surface area contributed by atoms with Gasteiger partial charge in [0.05, 0.1) is 12.8 Å². The normalized spacial score (nSPS) is 23.3. The van der Waals surface area contributed by atoms with Gasteiger partial charge in [-0.05, 0) is 6.92 Å². The Hall–Kier alpha value is -0.900. The van der Waals surface area contributed by atoms with Gasteiger partial charge in [0, 0.05) is 0 Å². The fraction of sp³-hybridized carbons (Fsp3) is 0.500. The molecular weight excluding hydrogens is 168 g/mol. The molecular formula is C6H7ClN2O2. The summed E-state index contributed by atoms with van der Waals surface area (Å²) in [6.07, 6.45) is 1.35. The Morgan fingerprint density at radius 1 is 1.82 bits per heavy atom. The zero-order valence-electron chi connectivity index (χ0n) is 5.95. The van der Waals surface area contributed by atoms with Crippen molar-refractivity contribution in [1.29, 1.82) is 0 Å². The molecule has 1 heterocycles. The number of alkyl halides is 1. The number of carbonyl (C=O) groups excluding carboxylic acids is 1. The first-order chi connectivity index (χ1) is 5.25. The summed E-state index contributed by atoms with van der Waals surface area (Å²) in [5.74, 6) is -0.105. The van der Waals surface area contributed by atoms with Crippen molar-refractivity contribution in [2.24, 2.45) is 10.2 Å². The zero-order valence-corrected chi connectivity index (χ0v) is 6.71. The number of amides is 1. The van der Waals surface area contributed by atoms with Crippen molar-refractivity contribution in [3.8, 4) is 0 Å². The lowest BCUT2D eigenvalue weighted by atomic mass is 10.3. The molecule has 0 radical (unpaired) electrons. The predicted molar refractivity (Wildman–Crippen MR) is 39.2 cm³/mol. The minimum atomic E-state index is -0.799. The van der Waals surface area contributed by atoms with Crippen LogP contribution in [0.3, 0.4) is 0 Å². The van der Waals surface area contributed by atoms with E-state index in [1.165, 1.54) is 6.20 Å².